The summed E-state index contributed by atoms with van der Waals surface area (Å²) >= 11 is 1.51. The van der Waals surface area contributed by atoms with Gasteiger partial charge in [-0.1, -0.05) is 53.7 Å². The zero-order chi connectivity index (χ0) is 22.2. The molecule has 6 heteroatoms. The lowest BCUT2D eigenvalue weighted by molar-refractivity contribution is -0.129. The predicted octanol–water partition coefficient (Wildman–Crippen LogP) is 5.02. The van der Waals surface area contributed by atoms with E-state index in [1.54, 1.807) is 12.4 Å². The van der Waals surface area contributed by atoms with Crippen molar-refractivity contribution >= 4 is 28.7 Å². The topological polar surface area (TPSA) is 51.0 Å². The number of benzene rings is 2. The van der Waals surface area contributed by atoms with Crippen molar-refractivity contribution in [2.75, 3.05) is 12.3 Å². The minimum absolute atomic E-state index is 0.151. The second kappa shape index (κ2) is 8.43. The molecular weight excluding hydrogens is 416 g/mol. The molecule has 0 atom stereocenters. The molecule has 0 unspecified atom stereocenters. The summed E-state index contributed by atoms with van der Waals surface area (Å²) in [4.78, 5) is 24.1. The zero-order valence-electron chi connectivity index (χ0n) is 18.6. The number of carbonyl (C=O) groups excluding carboxylic acids is 1. The summed E-state index contributed by atoms with van der Waals surface area (Å²) in [6, 6.07) is 14.8. The molecule has 162 valence electrons. The van der Waals surface area contributed by atoms with Gasteiger partial charge in [0.05, 0.1) is 23.2 Å². The fourth-order valence-corrected chi connectivity index (χ4v) is 5.59. The molecule has 0 N–H and O–H groups in total. The van der Waals surface area contributed by atoms with Crippen LogP contribution in [0.5, 0.6) is 0 Å². The first kappa shape index (κ1) is 20.8. The number of thioether (sulfide) groups is 1. The normalized spacial score (nSPS) is 13.4. The number of hydrogen-bond donors (Lipinski definition) is 0. The zero-order valence-corrected chi connectivity index (χ0v) is 19.4. The van der Waals surface area contributed by atoms with Crippen LogP contribution in [-0.4, -0.2) is 37.6 Å². The fourth-order valence-electron chi connectivity index (χ4n) is 4.67. The Hall–Kier alpha value is -3.12. The van der Waals surface area contributed by atoms with Gasteiger partial charge in [0.1, 0.15) is 5.52 Å². The van der Waals surface area contributed by atoms with Crippen LogP contribution in [0.3, 0.4) is 0 Å². The monoisotopic (exact) mass is 442 g/mol. The average molecular weight is 443 g/mol. The molecule has 0 saturated heterocycles. The van der Waals surface area contributed by atoms with Gasteiger partial charge in [0.15, 0.2) is 5.16 Å². The first-order chi connectivity index (χ1) is 15.5. The smallest absolute Gasteiger partial charge is 0.233 e. The molecule has 1 aliphatic rings. The number of fused-ring (bicyclic) bond motifs is 2. The Bertz CT molecular complexity index is 1300. The summed E-state index contributed by atoms with van der Waals surface area (Å²) in [5.74, 6) is 0.515. The SMILES string of the molecule is Cc1cc(C)c(-n2c(SCC(=O)N3CCc4ccccc4C3)nc3cnccc32)c(C)c1. The Kier molecular flexibility index (Phi) is 5.47. The number of nitrogens with zero attached hydrogens (tertiary/aromatic N) is 4. The fraction of sp³-hybridized carbons (Fsp3) is 0.269. The van der Waals surface area contributed by atoms with Crippen molar-refractivity contribution in [2.45, 2.75) is 38.9 Å². The second-order valence-corrected chi connectivity index (χ2v) is 9.41. The Labute approximate surface area is 192 Å². The average Bonchev–Trinajstić information content (AvgIpc) is 3.14. The lowest BCUT2D eigenvalue weighted by Gasteiger charge is -2.28. The van der Waals surface area contributed by atoms with Gasteiger partial charge < -0.3 is 4.90 Å². The molecule has 0 bridgehead atoms. The lowest BCUT2D eigenvalue weighted by Crippen LogP contribution is -2.37. The number of amides is 1. The van der Waals surface area contributed by atoms with Crippen molar-refractivity contribution in [3.05, 3.63) is 82.7 Å². The van der Waals surface area contributed by atoms with Gasteiger partial charge in [-0.3, -0.25) is 14.3 Å². The first-order valence-corrected chi connectivity index (χ1v) is 11.9. The maximum Gasteiger partial charge on any atom is 0.233 e. The molecule has 2 aromatic carbocycles. The van der Waals surface area contributed by atoms with E-state index < -0.39 is 0 Å². The van der Waals surface area contributed by atoms with Gasteiger partial charge in [0.25, 0.3) is 0 Å². The molecule has 32 heavy (non-hydrogen) atoms. The van der Waals surface area contributed by atoms with E-state index in [9.17, 15) is 4.79 Å². The van der Waals surface area contributed by atoms with Crippen LogP contribution in [0.2, 0.25) is 0 Å². The highest BCUT2D eigenvalue weighted by Gasteiger charge is 2.22. The van der Waals surface area contributed by atoms with Crippen LogP contribution in [0, 0.1) is 20.8 Å². The summed E-state index contributed by atoms with van der Waals surface area (Å²) in [7, 11) is 0. The number of rotatable bonds is 4. The number of pyridine rings is 1. The second-order valence-electron chi connectivity index (χ2n) is 8.46. The molecule has 1 aliphatic heterocycles. The molecule has 5 rings (SSSR count). The van der Waals surface area contributed by atoms with Gasteiger partial charge >= 0.3 is 0 Å². The Balaban J connectivity index is 1.44. The van der Waals surface area contributed by atoms with Crippen LogP contribution in [0.1, 0.15) is 27.8 Å². The van der Waals surface area contributed by atoms with E-state index in [0.717, 1.165) is 34.8 Å². The van der Waals surface area contributed by atoms with E-state index in [-0.39, 0.29) is 5.91 Å². The van der Waals surface area contributed by atoms with Crippen molar-refractivity contribution in [3.8, 4) is 5.69 Å². The molecule has 0 spiro atoms. The van der Waals surface area contributed by atoms with Gasteiger partial charge in [-0.25, -0.2) is 4.98 Å². The van der Waals surface area contributed by atoms with Gasteiger partial charge in [-0.05, 0) is 55.5 Å². The highest BCUT2D eigenvalue weighted by Crippen LogP contribution is 2.32. The largest absolute Gasteiger partial charge is 0.337 e. The summed E-state index contributed by atoms with van der Waals surface area (Å²) in [5.41, 5.74) is 9.21. The maximum atomic E-state index is 13.1. The molecule has 0 fully saturated rings. The highest BCUT2D eigenvalue weighted by molar-refractivity contribution is 7.99. The molecule has 0 saturated carbocycles. The standard InChI is InChI=1S/C26H26N4OS/c1-17-12-18(2)25(19(3)13-17)30-23-8-10-27-14-22(23)28-26(30)32-16-24(31)29-11-9-20-6-4-5-7-21(20)15-29/h4-8,10,12-14H,9,11,15-16H2,1-3H3. The van der Waals surface area contributed by atoms with Crippen LogP contribution < -0.4 is 0 Å². The highest BCUT2D eigenvalue weighted by atomic mass is 32.2. The number of imidazole rings is 1. The van der Waals surface area contributed by atoms with E-state index in [2.05, 4.69) is 60.7 Å². The van der Waals surface area contributed by atoms with E-state index >= 15 is 0 Å². The van der Waals surface area contributed by atoms with Gasteiger partial charge in [0, 0.05) is 19.3 Å². The van der Waals surface area contributed by atoms with Crippen LogP contribution in [0.4, 0.5) is 0 Å². The quantitative estimate of drug-likeness (QED) is 0.416. The third-order valence-corrected chi connectivity index (χ3v) is 7.02. The van der Waals surface area contributed by atoms with E-state index in [1.165, 1.54) is 39.6 Å². The number of aryl methyl sites for hydroxylation is 3. The number of hydrogen-bond acceptors (Lipinski definition) is 4. The Morgan fingerprint density at radius 2 is 1.81 bits per heavy atom. The first-order valence-electron chi connectivity index (χ1n) is 10.9. The van der Waals surface area contributed by atoms with E-state index in [4.69, 9.17) is 4.98 Å². The van der Waals surface area contributed by atoms with Crippen molar-refractivity contribution in [3.63, 3.8) is 0 Å². The van der Waals surface area contributed by atoms with Crippen LogP contribution >= 0.6 is 11.8 Å². The van der Waals surface area contributed by atoms with E-state index in [1.807, 2.05) is 17.0 Å². The predicted molar refractivity (Wildman–Crippen MR) is 129 cm³/mol. The van der Waals surface area contributed by atoms with Crippen molar-refractivity contribution in [1.29, 1.82) is 0 Å². The van der Waals surface area contributed by atoms with Crippen LogP contribution in [-0.2, 0) is 17.8 Å². The minimum atomic E-state index is 0.151. The third kappa shape index (κ3) is 3.79. The van der Waals surface area contributed by atoms with Crippen LogP contribution in [0.15, 0.2) is 60.0 Å². The molecule has 4 aromatic rings. The summed E-state index contributed by atoms with van der Waals surface area (Å²) in [6.45, 7) is 7.84. The maximum absolute atomic E-state index is 13.1. The van der Waals surface area contributed by atoms with Gasteiger partial charge in [-0.15, -0.1) is 0 Å². The number of aromatic nitrogens is 3. The molecule has 2 aromatic heterocycles. The van der Waals surface area contributed by atoms with E-state index in [0.29, 0.717) is 12.3 Å². The molecule has 3 heterocycles. The molecule has 1 amide bonds. The van der Waals surface area contributed by atoms with Crippen molar-refractivity contribution in [2.24, 2.45) is 0 Å². The third-order valence-electron chi connectivity index (χ3n) is 6.09. The molecular formula is C26H26N4OS. The van der Waals surface area contributed by atoms with Gasteiger partial charge in [-0.2, -0.15) is 0 Å². The Morgan fingerprint density at radius 1 is 1.06 bits per heavy atom. The summed E-state index contributed by atoms with van der Waals surface area (Å²) in [5, 5.41) is 0.828. The van der Waals surface area contributed by atoms with Crippen LogP contribution in [0.25, 0.3) is 16.7 Å². The van der Waals surface area contributed by atoms with Gasteiger partial charge in [0.2, 0.25) is 5.91 Å². The van der Waals surface area contributed by atoms with Crippen molar-refractivity contribution in [1.82, 2.24) is 19.4 Å². The Morgan fingerprint density at radius 3 is 2.59 bits per heavy atom. The molecule has 0 radical (unpaired) electrons. The number of carbonyl (C=O) groups is 1. The summed E-state index contributed by atoms with van der Waals surface area (Å²) in [6.07, 6.45) is 4.50. The molecule has 0 aliphatic carbocycles. The molecule has 5 nitrogen and oxygen atoms in total. The van der Waals surface area contributed by atoms with Crippen molar-refractivity contribution < 1.29 is 4.79 Å². The lowest BCUT2D eigenvalue weighted by atomic mass is 10.00. The minimum Gasteiger partial charge on any atom is -0.337 e. The summed E-state index contributed by atoms with van der Waals surface area (Å²) < 4.78 is 2.19.